The second-order valence-electron chi connectivity index (χ2n) is 6.09. The fourth-order valence-electron chi connectivity index (χ4n) is 2.58. The van der Waals surface area contributed by atoms with Gasteiger partial charge in [-0.25, -0.2) is 8.78 Å². The average Bonchev–Trinajstić information content (AvgIpc) is 3.21. The highest BCUT2D eigenvalue weighted by Gasteiger charge is 2.31. The highest BCUT2D eigenvalue weighted by molar-refractivity contribution is 6.02. The normalized spacial score (nSPS) is 11.0. The van der Waals surface area contributed by atoms with E-state index in [1.54, 1.807) is 6.92 Å². The minimum absolute atomic E-state index is 0.00471. The van der Waals surface area contributed by atoms with Crippen LogP contribution in [-0.2, 0) is 17.9 Å². The topological polar surface area (TPSA) is 137 Å². The zero-order valence-electron chi connectivity index (χ0n) is 16.1. The fraction of sp³-hybridized carbons (Fsp3) is 0.500. The van der Waals surface area contributed by atoms with Crippen LogP contribution in [0.5, 0.6) is 0 Å². The van der Waals surface area contributed by atoms with Gasteiger partial charge in [-0.2, -0.15) is 10.2 Å². The molecule has 2 rings (SSSR count). The molecule has 0 atom stereocenters. The van der Waals surface area contributed by atoms with Gasteiger partial charge in [-0.1, -0.05) is 6.92 Å². The predicted molar refractivity (Wildman–Crippen MR) is 97.7 cm³/mol. The van der Waals surface area contributed by atoms with Crippen molar-refractivity contribution in [1.82, 2.24) is 24.9 Å². The van der Waals surface area contributed by atoms with Gasteiger partial charge in [-0.15, -0.1) is 0 Å². The van der Waals surface area contributed by atoms with Crippen molar-refractivity contribution in [2.24, 2.45) is 0 Å². The van der Waals surface area contributed by atoms with Crippen LogP contribution in [-0.4, -0.2) is 42.8 Å². The van der Waals surface area contributed by atoms with Gasteiger partial charge < -0.3 is 10.6 Å². The number of amides is 2. The molecule has 0 aliphatic rings. The molecule has 29 heavy (non-hydrogen) atoms. The lowest BCUT2D eigenvalue weighted by Crippen LogP contribution is -2.27. The molecule has 0 fully saturated rings. The van der Waals surface area contributed by atoms with E-state index in [2.05, 4.69) is 20.8 Å². The van der Waals surface area contributed by atoms with Gasteiger partial charge in [0.05, 0.1) is 10.6 Å². The lowest BCUT2D eigenvalue weighted by Gasteiger charge is -2.07. The molecule has 2 N–H and O–H groups in total. The quantitative estimate of drug-likeness (QED) is 0.477. The summed E-state index contributed by atoms with van der Waals surface area (Å²) in [5, 5.41) is 23.8. The Morgan fingerprint density at radius 2 is 2.00 bits per heavy atom. The molecule has 0 aliphatic heterocycles. The SMILES string of the molecule is CCCNC(=O)c1nn(CC)cc1NC(=O)Cn1nc(C(F)F)c([N+](=O)[O-])c1C. The average molecular weight is 413 g/mol. The highest BCUT2D eigenvalue weighted by Crippen LogP contribution is 2.30. The van der Waals surface area contributed by atoms with Crippen LogP contribution >= 0.6 is 0 Å². The summed E-state index contributed by atoms with van der Waals surface area (Å²) in [7, 11) is 0. The monoisotopic (exact) mass is 413 g/mol. The summed E-state index contributed by atoms with van der Waals surface area (Å²) in [5.74, 6) is -1.17. The van der Waals surface area contributed by atoms with Crippen molar-refractivity contribution in [1.29, 1.82) is 0 Å². The molecule has 0 unspecified atom stereocenters. The molecule has 0 spiro atoms. The number of aryl methyl sites for hydroxylation is 1. The second kappa shape index (κ2) is 9.21. The van der Waals surface area contributed by atoms with Crippen molar-refractivity contribution in [2.75, 3.05) is 11.9 Å². The first kappa shape index (κ1) is 21.9. The Hall–Kier alpha value is -3.38. The third-order valence-electron chi connectivity index (χ3n) is 3.99. The molecule has 0 bridgehead atoms. The Morgan fingerprint density at radius 3 is 2.52 bits per heavy atom. The molecule has 0 radical (unpaired) electrons. The number of halogens is 2. The molecule has 2 aromatic heterocycles. The van der Waals surface area contributed by atoms with Crippen molar-refractivity contribution in [3.05, 3.63) is 33.4 Å². The van der Waals surface area contributed by atoms with E-state index in [4.69, 9.17) is 0 Å². The van der Waals surface area contributed by atoms with Gasteiger partial charge in [0.15, 0.2) is 5.69 Å². The summed E-state index contributed by atoms with van der Waals surface area (Å²) < 4.78 is 28.3. The maximum atomic E-state index is 13.0. The predicted octanol–water partition coefficient (Wildman–Crippen LogP) is 2.03. The molecule has 158 valence electrons. The van der Waals surface area contributed by atoms with E-state index in [0.717, 1.165) is 4.68 Å². The van der Waals surface area contributed by atoms with Crippen molar-refractivity contribution < 1.29 is 23.3 Å². The Kier molecular flexibility index (Phi) is 6.96. The summed E-state index contributed by atoms with van der Waals surface area (Å²) >= 11 is 0. The number of nitro groups is 1. The molecule has 0 aromatic carbocycles. The zero-order chi connectivity index (χ0) is 21.7. The number of hydrogen-bond acceptors (Lipinski definition) is 6. The Bertz CT molecular complexity index is 923. The van der Waals surface area contributed by atoms with Crippen LogP contribution < -0.4 is 10.6 Å². The number of rotatable bonds is 9. The molecular weight excluding hydrogens is 392 g/mol. The van der Waals surface area contributed by atoms with Gasteiger partial charge in [0.25, 0.3) is 12.3 Å². The van der Waals surface area contributed by atoms with E-state index in [0.29, 0.717) is 19.5 Å². The Balaban J connectivity index is 2.24. The molecule has 2 amide bonds. The molecule has 0 saturated heterocycles. The van der Waals surface area contributed by atoms with Crippen molar-refractivity contribution >= 4 is 23.2 Å². The van der Waals surface area contributed by atoms with E-state index in [-0.39, 0.29) is 17.1 Å². The number of anilines is 1. The zero-order valence-corrected chi connectivity index (χ0v) is 16.1. The van der Waals surface area contributed by atoms with E-state index < -0.39 is 41.1 Å². The second-order valence-corrected chi connectivity index (χ2v) is 6.09. The first-order valence-corrected chi connectivity index (χ1v) is 8.84. The van der Waals surface area contributed by atoms with Gasteiger partial charge in [0.1, 0.15) is 12.2 Å². The largest absolute Gasteiger partial charge is 0.351 e. The van der Waals surface area contributed by atoms with Crippen LogP contribution in [0.1, 0.15) is 48.6 Å². The van der Waals surface area contributed by atoms with E-state index in [1.807, 2.05) is 6.92 Å². The molecular formula is C16H21F2N7O4. The van der Waals surface area contributed by atoms with Crippen LogP contribution in [0.2, 0.25) is 0 Å². The van der Waals surface area contributed by atoms with Crippen LogP contribution in [0, 0.1) is 17.0 Å². The summed E-state index contributed by atoms with van der Waals surface area (Å²) in [6.45, 7) is 5.23. The number of alkyl halides is 2. The van der Waals surface area contributed by atoms with Gasteiger partial charge >= 0.3 is 5.69 Å². The number of hydrogen-bond donors (Lipinski definition) is 2. The van der Waals surface area contributed by atoms with Crippen molar-refractivity contribution in [3.8, 4) is 0 Å². The van der Waals surface area contributed by atoms with E-state index in [1.165, 1.54) is 17.8 Å². The molecule has 11 nitrogen and oxygen atoms in total. The first-order valence-electron chi connectivity index (χ1n) is 8.84. The van der Waals surface area contributed by atoms with Crippen molar-refractivity contribution in [3.63, 3.8) is 0 Å². The van der Waals surface area contributed by atoms with Crippen LogP contribution in [0.4, 0.5) is 20.2 Å². The lowest BCUT2D eigenvalue weighted by atomic mass is 10.3. The Morgan fingerprint density at radius 1 is 1.31 bits per heavy atom. The van der Waals surface area contributed by atoms with Crippen molar-refractivity contribution in [2.45, 2.75) is 46.7 Å². The maximum Gasteiger partial charge on any atom is 0.319 e. The number of carbonyl (C=O) groups is 2. The highest BCUT2D eigenvalue weighted by atomic mass is 19.3. The third-order valence-corrected chi connectivity index (χ3v) is 3.99. The standard InChI is InChI=1S/C16H21F2N7O4/c1-4-6-19-16(27)12-10(7-23(5-2)21-12)20-11(26)8-24-9(3)14(25(28)29)13(22-24)15(17)18/h7,15H,4-6,8H2,1-3H3,(H,19,27)(H,20,26). The van der Waals surface area contributed by atoms with Gasteiger partial charge in [-0.3, -0.25) is 29.1 Å². The Labute approximate surface area is 164 Å². The smallest absolute Gasteiger partial charge is 0.319 e. The van der Waals surface area contributed by atoms with Crippen LogP contribution in [0.3, 0.4) is 0 Å². The van der Waals surface area contributed by atoms with Crippen LogP contribution in [0.15, 0.2) is 6.20 Å². The maximum absolute atomic E-state index is 13.0. The van der Waals surface area contributed by atoms with Gasteiger partial charge in [0, 0.05) is 19.3 Å². The van der Waals surface area contributed by atoms with E-state index >= 15 is 0 Å². The van der Waals surface area contributed by atoms with Gasteiger partial charge in [0.2, 0.25) is 11.6 Å². The van der Waals surface area contributed by atoms with Crippen LogP contribution in [0.25, 0.3) is 0 Å². The van der Waals surface area contributed by atoms with Gasteiger partial charge in [-0.05, 0) is 20.3 Å². The summed E-state index contributed by atoms with van der Waals surface area (Å²) in [6, 6.07) is 0. The molecule has 0 saturated carbocycles. The first-order chi connectivity index (χ1) is 13.7. The minimum Gasteiger partial charge on any atom is -0.351 e. The lowest BCUT2D eigenvalue weighted by molar-refractivity contribution is -0.386. The molecule has 0 aliphatic carbocycles. The molecule has 2 heterocycles. The summed E-state index contributed by atoms with van der Waals surface area (Å²) in [4.78, 5) is 34.7. The summed E-state index contributed by atoms with van der Waals surface area (Å²) in [5.41, 5.74) is -1.86. The minimum atomic E-state index is -3.16. The number of aromatic nitrogens is 4. The number of nitrogens with one attached hydrogen (secondary N) is 2. The van der Waals surface area contributed by atoms with E-state index in [9.17, 15) is 28.5 Å². The third kappa shape index (κ3) is 4.92. The number of nitrogens with zero attached hydrogens (tertiary/aromatic N) is 5. The molecule has 13 heteroatoms. The molecule has 2 aromatic rings. The summed E-state index contributed by atoms with van der Waals surface area (Å²) in [6.07, 6.45) is -0.983. The fourth-order valence-corrected chi connectivity index (χ4v) is 2.58. The number of carbonyl (C=O) groups excluding carboxylic acids is 2.